The van der Waals surface area contributed by atoms with E-state index in [0.717, 1.165) is 12.5 Å². The van der Waals surface area contributed by atoms with Crippen LogP contribution in [0.1, 0.15) is 20.3 Å². The fraction of sp³-hybridized carbons (Fsp3) is 0.263. The Morgan fingerprint density at radius 2 is 1.89 bits per heavy atom. The lowest BCUT2D eigenvalue weighted by molar-refractivity contribution is 0.510. The summed E-state index contributed by atoms with van der Waals surface area (Å²) in [6.45, 7) is 4.76. The molecule has 3 aromatic rings. The van der Waals surface area contributed by atoms with E-state index in [1.54, 1.807) is 6.07 Å². The van der Waals surface area contributed by atoms with Crippen LogP contribution >= 0.6 is 22.6 Å². The van der Waals surface area contributed by atoms with E-state index in [9.17, 15) is 13.2 Å². The van der Waals surface area contributed by atoms with Crippen LogP contribution < -0.4 is 10.6 Å². The maximum Gasteiger partial charge on any atom is 0.315 e. The Balaban J connectivity index is 1.94. The number of hydrogen-bond donors (Lipinski definition) is 2. The molecular weight excluding hydrogens is 484 g/mol. The van der Waals surface area contributed by atoms with E-state index in [1.807, 2.05) is 22.6 Å². The van der Waals surface area contributed by atoms with E-state index < -0.39 is 17.5 Å². The zero-order valence-electron chi connectivity index (χ0n) is 15.2. The highest BCUT2D eigenvalue weighted by atomic mass is 127. The second kappa shape index (κ2) is 8.80. The first-order chi connectivity index (χ1) is 13.4. The molecule has 1 unspecified atom stereocenters. The van der Waals surface area contributed by atoms with Gasteiger partial charge in [0.05, 0.1) is 16.9 Å². The van der Waals surface area contributed by atoms with Gasteiger partial charge in [-0.05, 0) is 58.8 Å². The van der Waals surface area contributed by atoms with Crippen molar-refractivity contribution in [3.63, 3.8) is 0 Å². The molecule has 1 aromatic heterocycles. The summed E-state index contributed by atoms with van der Waals surface area (Å²) in [5, 5.41) is 13.4. The molecule has 1 atom stereocenters. The Hall–Kier alpha value is -2.30. The maximum absolute atomic E-state index is 14.5. The van der Waals surface area contributed by atoms with Crippen LogP contribution in [-0.4, -0.2) is 16.7 Å². The van der Waals surface area contributed by atoms with Gasteiger partial charge in [-0.15, -0.1) is 5.10 Å². The molecule has 0 aliphatic rings. The van der Waals surface area contributed by atoms with Gasteiger partial charge in [-0.25, -0.2) is 13.2 Å². The van der Waals surface area contributed by atoms with Crippen LogP contribution in [-0.2, 0) is 0 Å². The van der Waals surface area contributed by atoms with Gasteiger partial charge in [-0.1, -0.05) is 25.4 Å². The molecule has 148 valence electrons. The number of halogens is 4. The average molecular weight is 502 g/mol. The number of nitrogens with zero attached hydrogens (tertiary/aromatic N) is 2. The number of aromatic nitrogens is 2. The van der Waals surface area contributed by atoms with Gasteiger partial charge in [0.25, 0.3) is 5.89 Å². The number of benzene rings is 2. The lowest BCUT2D eigenvalue weighted by Gasteiger charge is -2.12. The number of anilines is 3. The van der Waals surface area contributed by atoms with E-state index in [0.29, 0.717) is 16.0 Å². The Labute approximate surface area is 173 Å². The van der Waals surface area contributed by atoms with Crippen LogP contribution in [0, 0.1) is 26.9 Å². The molecule has 5 nitrogen and oxygen atoms in total. The molecule has 0 radical (unpaired) electrons. The van der Waals surface area contributed by atoms with Crippen molar-refractivity contribution in [2.45, 2.75) is 20.3 Å². The molecule has 0 amide bonds. The van der Waals surface area contributed by atoms with Crippen molar-refractivity contribution in [2.75, 3.05) is 17.2 Å². The van der Waals surface area contributed by atoms with Gasteiger partial charge in [-0.2, -0.15) is 0 Å². The first kappa shape index (κ1) is 20.4. The van der Waals surface area contributed by atoms with Gasteiger partial charge in [0.2, 0.25) is 0 Å². The van der Waals surface area contributed by atoms with Crippen molar-refractivity contribution < 1.29 is 17.6 Å². The summed E-state index contributed by atoms with van der Waals surface area (Å²) in [5.74, 6) is -2.45. The summed E-state index contributed by atoms with van der Waals surface area (Å²) in [7, 11) is 0. The predicted molar refractivity (Wildman–Crippen MR) is 110 cm³/mol. The Bertz CT molecular complexity index is 980. The molecule has 0 fully saturated rings. The van der Waals surface area contributed by atoms with Crippen LogP contribution in [0.3, 0.4) is 0 Å². The molecule has 0 aliphatic heterocycles. The molecule has 2 aromatic carbocycles. The molecule has 0 saturated carbocycles. The Kier molecular flexibility index (Phi) is 6.42. The molecular formula is C19H18F3IN4O. The van der Waals surface area contributed by atoms with Crippen LogP contribution in [0.5, 0.6) is 0 Å². The fourth-order valence-corrected chi connectivity index (χ4v) is 2.84. The van der Waals surface area contributed by atoms with E-state index in [2.05, 4.69) is 34.7 Å². The summed E-state index contributed by atoms with van der Waals surface area (Å²) >= 11 is 1.96. The largest absolute Gasteiger partial charge is 0.403 e. The van der Waals surface area contributed by atoms with Gasteiger partial charge in [0, 0.05) is 10.1 Å². The van der Waals surface area contributed by atoms with Crippen LogP contribution in [0.25, 0.3) is 11.5 Å². The van der Waals surface area contributed by atoms with Crippen molar-refractivity contribution in [2.24, 2.45) is 5.92 Å². The van der Waals surface area contributed by atoms with Gasteiger partial charge in [-0.3, -0.25) is 0 Å². The quantitative estimate of drug-likeness (QED) is 0.391. The van der Waals surface area contributed by atoms with Crippen LogP contribution in [0.4, 0.5) is 30.6 Å². The van der Waals surface area contributed by atoms with E-state index in [-0.39, 0.29) is 28.8 Å². The summed E-state index contributed by atoms with van der Waals surface area (Å²) in [4.78, 5) is 0. The van der Waals surface area contributed by atoms with E-state index in [4.69, 9.17) is 4.42 Å². The van der Waals surface area contributed by atoms with Crippen LogP contribution in [0.2, 0.25) is 0 Å². The zero-order chi connectivity index (χ0) is 20.3. The Morgan fingerprint density at radius 3 is 2.61 bits per heavy atom. The topological polar surface area (TPSA) is 63.0 Å². The molecule has 2 N–H and O–H groups in total. The highest BCUT2D eigenvalue weighted by Gasteiger charge is 2.20. The fourth-order valence-electron chi connectivity index (χ4n) is 2.39. The third-order valence-electron chi connectivity index (χ3n) is 4.24. The molecule has 1 heterocycles. The van der Waals surface area contributed by atoms with Crippen LogP contribution in [0.15, 0.2) is 34.7 Å². The highest BCUT2D eigenvalue weighted by molar-refractivity contribution is 14.1. The zero-order valence-corrected chi connectivity index (χ0v) is 17.4. The summed E-state index contributed by atoms with van der Waals surface area (Å²) in [6, 6.07) is 6.80. The molecule has 9 heteroatoms. The van der Waals surface area contributed by atoms with Crippen molar-refractivity contribution in [1.29, 1.82) is 0 Å². The van der Waals surface area contributed by atoms with Crippen molar-refractivity contribution in [3.05, 3.63) is 51.4 Å². The standard InChI is InChI=1S/C19H18F3IN4O/c1-3-10(2)9-24-19-27-26-18(28-19)12-5-6-13(20)16(22)17(12)25-15-7-4-11(23)8-14(15)21/h4-8,10,25H,3,9H2,1-2H3,(H,24,27). The molecule has 0 aliphatic carbocycles. The molecule has 3 rings (SSSR count). The molecule has 0 bridgehead atoms. The lowest BCUT2D eigenvalue weighted by atomic mass is 10.1. The number of rotatable bonds is 7. The summed E-state index contributed by atoms with van der Waals surface area (Å²) in [5.41, 5.74) is -0.154. The monoisotopic (exact) mass is 502 g/mol. The Morgan fingerprint density at radius 1 is 1.11 bits per heavy atom. The van der Waals surface area contributed by atoms with Crippen molar-refractivity contribution in [1.82, 2.24) is 10.2 Å². The highest BCUT2D eigenvalue weighted by Crippen LogP contribution is 2.34. The third kappa shape index (κ3) is 4.57. The van der Waals surface area contributed by atoms with Crippen molar-refractivity contribution in [3.8, 4) is 11.5 Å². The smallest absolute Gasteiger partial charge is 0.315 e. The van der Waals surface area contributed by atoms with Gasteiger partial charge in [0.1, 0.15) is 5.82 Å². The SMILES string of the molecule is CCC(C)CNc1nnc(-c2ccc(F)c(F)c2Nc2ccc(I)cc2F)o1. The summed E-state index contributed by atoms with van der Waals surface area (Å²) < 4.78 is 48.7. The molecule has 0 spiro atoms. The summed E-state index contributed by atoms with van der Waals surface area (Å²) in [6.07, 6.45) is 0.979. The number of hydrogen-bond acceptors (Lipinski definition) is 5. The minimum absolute atomic E-state index is 0.000741. The first-order valence-corrected chi connectivity index (χ1v) is 9.74. The third-order valence-corrected chi connectivity index (χ3v) is 4.91. The lowest BCUT2D eigenvalue weighted by Crippen LogP contribution is -2.10. The first-order valence-electron chi connectivity index (χ1n) is 8.66. The minimum Gasteiger partial charge on any atom is -0.403 e. The second-order valence-corrected chi connectivity index (χ2v) is 7.59. The average Bonchev–Trinajstić information content (AvgIpc) is 3.14. The van der Waals surface area contributed by atoms with Gasteiger partial charge in [0.15, 0.2) is 11.6 Å². The maximum atomic E-state index is 14.5. The van der Waals surface area contributed by atoms with Gasteiger partial charge >= 0.3 is 6.01 Å². The molecule has 0 saturated heterocycles. The minimum atomic E-state index is -1.16. The number of nitrogens with one attached hydrogen (secondary N) is 2. The normalized spacial score (nSPS) is 12.1. The van der Waals surface area contributed by atoms with Crippen molar-refractivity contribution >= 4 is 40.0 Å². The predicted octanol–water partition coefficient (Wildman–Crippen LogP) is 5.96. The molecule has 28 heavy (non-hydrogen) atoms. The second-order valence-electron chi connectivity index (χ2n) is 6.34. The van der Waals surface area contributed by atoms with E-state index >= 15 is 0 Å². The van der Waals surface area contributed by atoms with E-state index in [1.165, 1.54) is 18.2 Å². The van der Waals surface area contributed by atoms with Gasteiger partial charge < -0.3 is 15.1 Å².